The molecule has 0 aromatic heterocycles. The Bertz CT molecular complexity index is 537. The molecule has 0 N–H and O–H groups in total. The maximum absolute atomic E-state index is 14.3. The number of likely N-dealkylation sites (N-methyl/N-ethyl adjacent to an activating group) is 1. The molecule has 4 nitrogen and oxygen atoms in total. The fraction of sp³-hybridized carbons (Fsp3) is 0.588. The molecule has 1 aliphatic carbocycles. The van der Waals surface area contributed by atoms with Crippen molar-refractivity contribution in [1.82, 2.24) is 4.90 Å². The molecule has 3 rings (SSSR count). The molecule has 120 valence electrons. The first kappa shape index (κ1) is 15.3. The molecule has 1 aliphatic heterocycles. The standard InChI is InChI=1S/C17H23FN2O2/c1-2-19-8-10-20(11-9-19)16-7-6-13(12-15(16)18)17(21)22-14-4-3-5-14/h6-7,12,14H,2-5,8-11H2,1H3. The van der Waals surface area contributed by atoms with Crippen LogP contribution in [0, 0.1) is 5.82 Å². The van der Waals surface area contributed by atoms with Crippen molar-refractivity contribution >= 4 is 11.7 Å². The van der Waals surface area contributed by atoms with Crippen LogP contribution >= 0.6 is 0 Å². The molecule has 0 amide bonds. The number of carbonyl (C=O) groups excluding carboxylic acids is 1. The minimum absolute atomic E-state index is 0.0253. The third-order valence-electron chi connectivity index (χ3n) is 4.67. The van der Waals surface area contributed by atoms with E-state index in [1.165, 1.54) is 6.07 Å². The van der Waals surface area contributed by atoms with E-state index in [0.29, 0.717) is 11.3 Å². The Balaban J connectivity index is 1.65. The normalized spacial score (nSPS) is 19.8. The minimum atomic E-state index is -0.411. The zero-order valence-electron chi connectivity index (χ0n) is 13.1. The molecule has 0 atom stereocenters. The number of hydrogen-bond acceptors (Lipinski definition) is 4. The van der Waals surface area contributed by atoms with Crippen LogP contribution < -0.4 is 4.90 Å². The topological polar surface area (TPSA) is 32.8 Å². The number of carbonyl (C=O) groups is 1. The summed E-state index contributed by atoms with van der Waals surface area (Å²) >= 11 is 0. The van der Waals surface area contributed by atoms with E-state index < -0.39 is 5.97 Å². The van der Waals surface area contributed by atoms with Gasteiger partial charge in [-0.25, -0.2) is 9.18 Å². The Hall–Kier alpha value is -1.62. The molecule has 2 aliphatic rings. The second-order valence-corrected chi connectivity index (χ2v) is 6.05. The van der Waals surface area contributed by atoms with E-state index >= 15 is 0 Å². The van der Waals surface area contributed by atoms with Gasteiger partial charge >= 0.3 is 5.97 Å². The average Bonchev–Trinajstić information content (AvgIpc) is 2.51. The number of ether oxygens (including phenoxy) is 1. The summed E-state index contributed by atoms with van der Waals surface area (Å²) in [6.45, 7) is 6.69. The van der Waals surface area contributed by atoms with Gasteiger partial charge in [0.1, 0.15) is 11.9 Å². The number of benzene rings is 1. The van der Waals surface area contributed by atoms with Gasteiger partial charge in [0.05, 0.1) is 11.3 Å². The number of piperazine rings is 1. The van der Waals surface area contributed by atoms with Crippen molar-refractivity contribution < 1.29 is 13.9 Å². The summed E-state index contributed by atoms with van der Waals surface area (Å²) in [5, 5.41) is 0. The lowest BCUT2D eigenvalue weighted by Gasteiger charge is -2.35. The lowest BCUT2D eigenvalue weighted by atomic mass is 9.96. The van der Waals surface area contributed by atoms with Gasteiger partial charge < -0.3 is 14.5 Å². The van der Waals surface area contributed by atoms with Gasteiger partial charge in [0.25, 0.3) is 0 Å². The predicted octanol–water partition coefficient (Wildman–Crippen LogP) is 2.68. The summed E-state index contributed by atoms with van der Waals surface area (Å²) in [4.78, 5) is 16.4. The van der Waals surface area contributed by atoms with Gasteiger partial charge in [-0.3, -0.25) is 0 Å². The zero-order valence-corrected chi connectivity index (χ0v) is 13.1. The summed E-state index contributed by atoms with van der Waals surface area (Å²) in [6, 6.07) is 4.68. The van der Waals surface area contributed by atoms with Gasteiger partial charge in [-0.15, -0.1) is 0 Å². The SMILES string of the molecule is CCN1CCN(c2ccc(C(=O)OC3CCC3)cc2F)CC1. The molecule has 0 bridgehead atoms. The van der Waals surface area contributed by atoms with Crippen LogP contribution in [0.15, 0.2) is 18.2 Å². The smallest absolute Gasteiger partial charge is 0.338 e. The molecule has 2 fully saturated rings. The second kappa shape index (κ2) is 6.65. The lowest BCUT2D eigenvalue weighted by Crippen LogP contribution is -2.46. The Labute approximate surface area is 130 Å². The number of halogens is 1. The number of nitrogens with zero attached hydrogens (tertiary/aromatic N) is 2. The lowest BCUT2D eigenvalue weighted by molar-refractivity contribution is 0.00896. The van der Waals surface area contributed by atoms with E-state index in [1.54, 1.807) is 12.1 Å². The molecule has 22 heavy (non-hydrogen) atoms. The van der Waals surface area contributed by atoms with Crippen LogP contribution in [-0.2, 0) is 4.74 Å². The third-order valence-corrected chi connectivity index (χ3v) is 4.67. The molecule has 1 saturated carbocycles. The first-order valence-corrected chi connectivity index (χ1v) is 8.15. The Morgan fingerprint density at radius 3 is 2.55 bits per heavy atom. The van der Waals surface area contributed by atoms with Crippen molar-refractivity contribution in [2.45, 2.75) is 32.3 Å². The van der Waals surface area contributed by atoms with Gasteiger partial charge in [-0.1, -0.05) is 6.92 Å². The van der Waals surface area contributed by atoms with Gasteiger partial charge in [-0.2, -0.15) is 0 Å². The summed E-state index contributed by atoms with van der Waals surface area (Å²) in [7, 11) is 0. The molecule has 0 spiro atoms. The molecule has 0 unspecified atom stereocenters. The predicted molar refractivity (Wildman–Crippen MR) is 83.8 cm³/mol. The van der Waals surface area contributed by atoms with Crippen molar-refractivity contribution in [2.75, 3.05) is 37.6 Å². The van der Waals surface area contributed by atoms with E-state index in [-0.39, 0.29) is 11.9 Å². The van der Waals surface area contributed by atoms with Crippen LogP contribution in [0.3, 0.4) is 0 Å². The molecular formula is C17H23FN2O2. The van der Waals surface area contributed by atoms with Crippen LogP contribution in [-0.4, -0.2) is 49.7 Å². The highest BCUT2D eigenvalue weighted by Crippen LogP contribution is 2.25. The van der Waals surface area contributed by atoms with E-state index in [9.17, 15) is 9.18 Å². The molecule has 1 heterocycles. The molecule has 5 heteroatoms. The first-order valence-electron chi connectivity index (χ1n) is 8.15. The Kier molecular flexibility index (Phi) is 4.62. The highest BCUT2D eigenvalue weighted by Gasteiger charge is 2.24. The van der Waals surface area contributed by atoms with Gasteiger partial charge in [-0.05, 0) is 44.0 Å². The highest BCUT2D eigenvalue weighted by molar-refractivity contribution is 5.90. The molecule has 1 aromatic carbocycles. The summed E-state index contributed by atoms with van der Waals surface area (Å²) in [5.41, 5.74) is 0.885. The fourth-order valence-electron chi connectivity index (χ4n) is 2.90. The van der Waals surface area contributed by atoms with Crippen LogP contribution in [0.4, 0.5) is 10.1 Å². The van der Waals surface area contributed by atoms with E-state index in [1.807, 2.05) is 4.90 Å². The van der Waals surface area contributed by atoms with Crippen molar-refractivity contribution in [3.63, 3.8) is 0 Å². The van der Waals surface area contributed by atoms with E-state index in [4.69, 9.17) is 4.74 Å². The largest absolute Gasteiger partial charge is 0.459 e. The second-order valence-electron chi connectivity index (χ2n) is 6.05. The van der Waals surface area contributed by atoms with Gasteiger partial charge in [0.2, 0.25) is 0 Å². The quantitative estimate of drug-likeness (QED) is 0.801. The van der Waals surface area contributed by atoms with Crippen molar-refractivity contribution in [3.05, 3.63) is 29.6 Å². The molecule has 1 aromatic rings. The zero-order chi connectivity index (χ0) is 15.5. The Morgan fingerprint density at radius 1 is 1.27 bits per heavy atom. The van der Waals surface area contributed by atoms with E-state index in [2.05, 4.69) is 11.8 Å². The van der Waals surface area contributed by atoms with Crippen LogP contribution in [0.25, 0.3) is 0 Å². The van der Waals surface area contributed by atoms with Gasteiger partial charge in [0, 0.05) is 26.2 Å². The monoisotopic (exact) mass is 306 g/mol. The maximum Gasteiger partial charge on any atom is 0.338 e. The first-order chi connectivity index (χ1) is 10.7. The Morgan fingerprint density at radius 2 is 2.00 bits per heavy atom. The molecular weight excluding hydrogens is 283 g/mol. The third kappa shape index (κ3) is 3.24. The fourth-order valence-corrected chi connectivity index (χ4v) is 2.90. The molecule has 0 radical (unpaired) electrons. The summed E-state index contributed by atoms with van der Waals surface area (Å²) in [5.74, 6) is -0.751. The van der Waals surface area contributed by atoms with Crippen molar-refractivity contribution in [2.24, 2.45) is 0 Å². The number of rotatable bonds is 4. The number of hydrogen-bond donors (Lipinski definition) is 0. The van der Waals surface area contributed by atoms with E-state index in [0.717, 1.165) is 52.0 Å². The number of esters is 1. The van der Waals surface area contributed by atoms with Crippen LogP contribution in [0.5, 0.6) is 0 Å². The number of anilines is 1. The molecule has 1 saturated heterocycles. The highest BCUT2D eigenvalue weighted by atomic mass is 19.1. The summed E-state index contributed by atoms with van der Waals surface area (Å²) < 4.78 is 19.7. The van der Waals surface area contributed by atoms with Crippen molar-refractivity contribution in [1.29, 1.82) is 0 Å². The van der Waals surface area contributed by atoms with Crippen LogP contribution in [0.2, 0.25) is 0 Å². The van der Waals surface area contributed by atoms with Crippen molar-refractivity contribution in [3.8, 4) is 0 Å². The average molecular weight is 306 g/mol. The van der Waals surface area contributed by atoms with Crippen LogP contribution in [0.1, 0.15) is 36.5 Å². The summed E-state index contributed by atoms with van der Waals surface area (Å²) in [6.07, 6.45) is 2.98. The minimum Gasteiger partial charge on any atom is -0.459 e. The maximum atomic E-state index is 14.3. The van der Waals surface area contributed by atoms with Gasteiger partial charge in [0.15, 0.2) is 0 Å².